The molecule has 0 unspecified atom stereocenters. The summed E-state index contributed by atoms with van der Waals surface area (Å²) in [5.74, 6) is 0.453. The lowest BCUT2D eigenvalue weighted by atomic mass is 10.1. The van der Waals surface area contributed by atoms with Gasteiger partial charge in [0.15, 0.2) is 0 Å². The Balaban J connectivity index is 2.42. The third kappa shape index (κ3) is 2.94. The predicted octanol–water partition coefficient (Wildman–Crippen LogP) is 3.39. The largest absolute Gasteiger partial charge is 0.423 e. The molecule has 0 aromatic heterocycles. The first-order valence-corrected chi connectivity index (χ1v) is 9.26. The van der Waals surface area contributed by atoms with Crippen molar-refractivity contribution in [3.8, 4) is 0 Å². The molecule has 0 aliphatic carbocycles. The Kier molecular flexibility index (Phi) is 3.02. The number of carbonyl (C=O) groups is 1. The van der Waals surface area contributed by atoms with E-state index in [1.165, 1.54) is 0 Å². The Morgan fingerprint density at radius 2 is 1.76 bits per heavy atom. The number of carbonyl (C=O) groups excluding carboxylic acids is 1. The van der Waals surface area contributed by atoms with Gasteiger partial charge in [-0.05, 0) is 5.56 Å². The zero-order valence-corrected chi connectivity index (χ0v) is 11.4. The summed E-state index contributed by atoms with van der Waals surface area (Å²) in [6, 6.07) is 9.87. The average molecular weight is 244 g/mol. The van der Waals surface area contributed by atoms with Gasteiger partial charge >= 0.3 is 5.97 Å². The van der Waals surface area contributed by atoms with Crippen LogP contribution in [0.1, 0.15) is 5.56 Å². The lowest BCUT2D eigenvalue weighted by Gasteiger charge is -2.12. The van der Waals surface area contributed by atoms with Gasteiger partial charge in [-0.1, -0.05) is 55.7 Å². The van der Waals surface area contributed by atoms with Crippen molar-refractivity contribution in [2.45, 2.75) is 19.6 Å². The van der Waals surface area contributed by atoms with E-state index in [0.29, 0.717) is 0 Å². The summed E-state index contributed by atoms with van der Waals surface area (Å²) >= 11 is 0. The summed E-state index contributed by atoms with van der Waals surface area (Å²) in [6.45, 7) is 6.65. The molecular formula is C14H16O2Si. The lowest BCUT2D eigenvalue weighted by molar-refractivity contribution is -0.132. The molecule has 17 heavy (non-hydrogen) atoms. The van der Waals surface area contributed by atoms with Crippen LogP contribution in [0, 0.1) is 0 Å². The van der Waals surface area contributed by atoms with Crippen molar-refractivity contribution in [2.75, 3.05) is 0 Å². The molecule has 0 spiro atoms. The normalized spacial score (nSPS) is 18.2. The molecule has 1 aromatic carbocycles. The van der Waals surface area contributed by atoms with Crippen molar-refractivity contribution in [3.05, 3.63) is 53.4 Å². The molecule has 0 amide bonds. The van der Waals surface area contributed by atoms with E-state index in [1.54, 1.807) is 6.08 Å². The average Bonchev–Trinajstić information content (AvgIpc) is 2.58. The summed E-state index contributed by atoms with van der Waals surface area (Å²) in [5, 5.41) is 0. The topological polar surface area (TPSA) is 26.3 Å². The molecule has 0 saturated carbocycles. The quantitative estimate of drug-likeness (QED) is 0.589. The van der Waals surface area contributed by atoms with Gasteiger partial charge in [-0.15, -0.1) is 0 Å². The highest BCUT2D eigenvalue weighted by molar-refractivity contribution is 6.81. The van der Waals surface area contributed by atoms with E-state index >= 15 is 0 Å². The molecule has 1 aliphatic rings. The maximum atomic E-state index is 11.4. The van der Waals surface area contributed by atoms with Crippen LogP contribution >= 0.6 is 0 Å². The monoisotopic (exact) mass is 244 g/mol. The van der Waals surface area contributed by atoms with E-state index < -0.39 is 8.07 Å². The Hall–Kier alpha value is -1.61. The van der Waals surface area contributed by atoms with E-state index in [4.69, 9.17) is 4.74 Å². The summed E-state index contributed by atoms with van der Waals surface area (Å²) < 4.78 is 5.27. The Bertz CT molecular complexity index is 493. The van der Waals surface area contributed by atoms with E-state index in [-0.39, 0.29) is 5.97 Å². The van der Waals surface area contributed by atoms with Crippen LogP contribution in [0.3, 0.4) is 0 Å². The second-order valence-electron chi connectivity index (χ2n) is 5.22. The minimum atomic E-state index is -1.41. The zero-order chi connectivity index (χ0) is 12.5. The van der Waals surface area contributed by atoms with Crippen molar-refractivity contribution >= 4 is 19.6 Å². The standard InChI is InChI=1S/C14H16O2Si/c1-17(2,3)10-13-12(9-14(15)16-13)11-7-5-4-6-8-11/h4-10H,1-3H3/b13-10-. The van der Waals surface area contributed by atoms with E-state index in [1.807, 2.05) is 30.3 Å². The molecule has 2 rings (SSSR count). The molecule has 2 nitrogen and oxygen atoms in total. The fourth-order valence-electron chi connectivity index (χ4n) is 1.73. The third-order valence-corrected chi connectivity index (χ3v) is 3.52. The highest BCUT2D eigenvalue weighted by Gasteiger charge is 2.24. The van der Waals surface area contributed by atoms with Crippen molar-refractivity contribution in [3.63, 3.8) is 0 Å². The number of hydrogen-bond acceptors (Lipinski definition) is 2. The second-order valence-corrected chi connectivity index (χ2v) is 10.2. The summed E-state index contributed by atoms with van der Waals surface area (Å²) in [4.78, 5) is 11.4. The van der Waals surface area contributed by atoms with Gasteiger partial charge in [-0.25, -0.2) is 4.79 Å². The Morgan fingerprint density at radius 3 is 2.35 bits per heavy atom. The van der Waals surface area contributed by atoms with Gasteiger partial charge in [0, 0.05) is 11.6 Å². The first kappa shape index (κ1) is 11.9. The molecule has 1 aliphatic heterocycles. The highest BCUT2D eigenvalue weighted by Crippen LogP contribution is 2.30. The van der Waals surface area contributed by atoms with E-state index in [9.17, 15) is 4.79 Å². The molecule has 0 atom stereocenters. The lowest BCUT2D eigenvalue weighted by Crippen LogP contribution is -2.17. The van der Waals surface area contributed by atoms with E-state index in [2.05, 4.69) is 25.3 Å². The van der Waals surface area contributed by atoms with Gasteiger partial charge < -0.3 is 4.74 Å². The van der Waals surface area contributed by atoms with Crippen LogP contribution in [0.5, 0.6) is 0 Å². The molecule has 0 N–H and O–H groups in total. The van der Waals surface area contributed by atoms with Crippen molar-refractivity contribution in [1.29, 1.82) is 0 Å². The molecule has 0 saturated heterocycles. The molecule has 0 fully saturated rings. The maximum absolute atomic E-state index is 11.4. The molecule has 0 bridgehead atoms. The summed E-state index contributed by atoms with van der Waals surface area (Å²) in [7, 11) is -1.41. The minimum Gasteiger partial charge on any atom is -0.423 e. The fraction of sp³-hybridized carbons (Fsp3) is 0.214. The Labute approximate surface area is 103 Å². The van der Waals surface area contributed by atoms with Crippen molar-refractivity contribution in [1.82, 2.24) is 0 Å². The Morgan fingerprint density at radius 1 is 1.12 bits per heavy atom. The zero-order valence-electron chi connectivity index (χ0n) is 10.4. The van der Waals surface area contributed by atoms with Crippen molar-refractivity contribution < 1.29 is 9.53 Å². The van der Waals surface area contributed by atoms with Crippen LogP contribution < -0.4 is 0 Å². The third-order valence-electron chi connectivity index (χ3n) is 2.39. The van der Waals surface area contributed by atoms with Gasteiger partial charge in [0.05, 0.1) is 8.07 Å². The molecule has 3 heteroatoms. The SMILES string of the molecule is C[Si](C)(C)/C=C1\OC(=O)C=C1c1ccccc1. The van der Waals surface area contributed by atoms with E-state index in [0.717, 1.165) is 16.9 Å². The number of benzene rings is 1. The predicted molar refractivity (Wildman–Crippen MR) is 71.9 cm³/mol. The highest BCUT2D eigenvalue weighted by atomic mass is 28.3. The fourth-order valence-corrected chi connectivity index (χ4v) is 2.73. The molecule has 1 heterocycles. The van der Waals surface area contributed by atoms with Gasteiger partial charge in [-0.3, -0.25) is 0 Å². The van der Waals surface area contributed by atoms with Crippen LogP contribution in [0.25, 0.3) is 5.57 Å². The number of ether oxygens (including phenoxy) is 1. The second kappa shape index (κ2) is 4.34. The van der Waals surface area contributed by atoms with Crippen molar-refractivity contribution in [2.24, 2.45) is 0 Å². The summed E-state index contributed by atoms with van der Waals surface area (Å²) in [5.41, 5.74) is 4.05. The number of cyclic esters (lactones) is 1. The van der Waals surface area contributed by atoms with Gasteiger partial charge in [0.25, 0.3) is 0 Å². The maximum Gasteiger partial charge on any atom is 0.336 e. The van der Waals surface area contributed by atoms with Gasteiger partial charge in [-0.2, -0.15) is 0 Å². The molecular weight excluding hydrogens is 228 g/mol. The molecule has 1 aromatic rings. The first-order valence-electron chi connectivity index (χ1n) is 5.68. The van der Waals surface area contributed by atoms with Crippen LogP contribution in [-0.4, -0.2) is 14.0 Å². The van der Waals surface area contributed by atoms with Gasteiger partial charge in [0.2, 0.25) is 0 Å². The number of rotatable bonds is 2. The summed E-state index contributed by atoms with van der Waals surface area (Å²) in [6.07, 6.45) is 1.57. The number of esters is 1. The van der Waals surface area contributed by atoms with Crippen LogP contribution in [0.2, 0.25) is 19.6 Å². The van der Waals surface area contributed by atoms with Crippen LogP contribution in [0.4, 0.5) is 0 Å². The smallest absolute Gasteiger partial charge is 0.336 e. The van der Waals surface area contributed by atoms with Gasteiger partial charge in [0.1, 0.15) is 5.76 Å². The number of hydrogen-bond donors (Lipinski definition) is 0. The van der Waals surface area contributed by atoms with Crippen LogP contribution in [-0.2, 0) is 9.53 Å². The molecule has 88 valence electrons. The minimum absolute atomic E-state index is 0.270. The molecule has 0 radical (unpaired) electrons. The number of allylic oxidation sites excluding steroid dienone is 1. The first-order chi connectivity index (χ1) is 7.96. The van der Waals surface area contributed by atoms with Crippen LogP contribution in [0.15, 0.2) is 47.9 Å².